The molecule has 4 amide bonds. The fraction of sp³-hybridized carbons (Fsp3) is 0.226. The molecule has 3 aromatic carbocycles. The summed E-state index contributed by atoms with van der Waals surface area (Å²) in [5, 5.41) is 7.30. The molecule has 0 spiro atoms. The van der Waals surface area contributed by atoms with Crippen molar-refractivity contribution < 1.29 is 33.0 Å². The second kappa shape index (κ2) is 15.6. The van der Waals surface area contributed by atoms with Crippen LogP contribution in [0.5, 0.6) is 0 Å². The third kappa shape index (κ3) is 10.6. The number of nitrogens with two attached hydrogens (primary N) is 1. The van der Waals surface area contributed by atoms with Crippen LogP contribution >= 0.6 is 7.37 Å². The summed E-state index contributed by atoms with van der Waals surface area (Å²) in [6, 6.07) is 20.5. The maximum atomic E-state index is 13.7. The lowest BCUT2D eigenvalue weighted by Crippen LogP contribution is -2.52. The van der Waals surface area contributed by atoms with Gasteiger partial charge in [0.05, 0.1) is 0 Å². The van der Waals surface area contributed by atoms with Crippen molar-refractivity contribution in [3.8, 4) is 0 Å². The minimum Gasteiger partial charge on any atom is -0.368 e. The standard InChI is InChI=1S/C31H34FN4O6P/c1-21(30(39)35-26(29(33)38)17-8-14-22-10-4-2-5-11-22)34-27(37)20-43(41,42)28(18-23-12-6-3-7-13-23)36-31(40)24-15-9-16-25(32)19-24/h2-16,19,21,26,28H,17-18,20H2,1H3,(H2,33,38)(H,34,37)(H,35,39)(H,36,40)(H,41,42)/b14-8+/t21?,26-,28?/m0/s1. The topological polar surface area (TPSA) is 168 Å². The van der Waals surface area contributed by atoms with Crippen LogP contribution < -0.4 is 21.7 Å². The maximum absolute atomic E-state index is 13.7. The number of hydrogen-bond donors (Lipinski definition) is 5. The van der Waals surface area contributed by atoms with Gasteiger partial charge in [0, 0.05) is 12.0 Å². The zero-order valence-corrected chi connectivity index (χ0v) is 24.4. The highest BCUT2D eigenvalue weighted by molar-refractivity contribution is 7.59. The average Bonchev–Trinajstić information content (AvgIpc) is 2.96. The molecule has 0 saturated heterocycles. The van der Waals surface area contributed by atoms with E-state index in [9.17, 15) is 33.0 Å². The Balaban J connectivity index is 1.64. The summed E-state index contributed by atoms with van der Waals surface area (Å²) in [6.07, 6.45) is 2.56. The molecule has 43 heavy (non-hydrogen) atoms. The fourth-order valence-corrected chi connectivity index (χ4v) is 5.65. The van der Waals surface area contributed by atoms with E-state index in [1.165, 1.54) is 19.1 Å². The van der Waals surface area contributed by atoms with Gasteiger partial charge in [-0.3, -0.25) is 23.7 Å². The monoisotopic (exact) mass is 608 g/mol. The molecule has 0 aliphatic heterocycles. The first kappa shape index (κ1) is 32.9. The van der Waals surface area contributed by atoms with E-state index in [4.69, 9.17) is 5.73 Å². The van der Waals surface area contributed by atoms with E-state index >= 15 is 0 Å². The van der Waals surface area contributed by atoms with E-state index in [2.05, 4.69) is 16.0 Å². The van der Waals surface area contributed by atoms with Gasteiger partial charge in [-0.1, -0.05) is 78.9 Å². The van der Waals surface area contributed by atoms with Crippen molar-refractivity contribution in [2.75, 3.05) is 6.16 Å². The second-order valence-electron chi connectivity index (χ2n) is 9.90. The molecule has 6 N–H and O–H groups in total. The number of amides is 4. The second-order valence-corrected chi connectivity index (χ2v) is 12.4. The molecule has 0 fully saturated rings. The number of halogens is 1. The van der Waals surface area contributed by atoms with Gasteiger partial charge in [0.15, 0.2) is 0 Å². The van der Waals surface area contributed by atoms with E-state index in [0.29, 0.717) is 5.56 Å². The maximum Gasteiger partial charge on any atom is 0.252 e. The Morgan fingerprint density at radius 3 is 2.21 bits per heavy atom. The average molecular weight is 609 g/mol. The Morgan fingerprint density at radius 1 is 0.930 bits per heavy atom. The molecule has 3 aromatic rings. The van der Waals surface area contributed by atoms with Gasteiger partial charge >= 0.3 is 0 Å². The normalized spacial score (nSPS) is 14.6. The number of benzene rings is 3. The van der Waals surface area contributed by atoms with E-state index in [0.717, 1.165) is 17.7 Å². The predicted octanol–water partition coefficient (Wildman–Crippen LogP) is 2.97. The van der Waals surface area contributed by atoms with Crippen LogP contribution in [0.25, 0.3) is 6.08 Å². The SMILES string of the molecule is CC(NC(=O)CP(=O)(O)C(Cc1ccccc1)NC(=O)c1cccc(F)c1)C(=O)N[C@@H](C/C=C/c1ccccc1)C(N)=O. The lowest BCUT2D eigenvalue weighted by molar-refractivity contribution is -0.130. The van der Waals surface area contributed by atoms with Gasteiger partial charge in [-0.2, -0.15) is 0 Å². The molecule has 10 nitrogen and oxygen atoms in total. The largest absolute Gasteiger partial charge is 0.368 e. The van der Waals surface area contributed by atoms with Gasteiger partial charge in [0.25, 0.3) is 5.91 Å². The highest BCUT2D eigenvalue weighted by Crippen LogP contribution is 2.46. The zero-order chi connectivity index (χ0) is 31.4. The van der Waals surface area contributed by atoms with Gasteiger partial charge in [-0.25, -0.2) is 4.39 Å². The minimum atomic E-state index is -4.44. The van der Waals surface area contributed by atoms with Crippen LogP contribution in [0.4, 0.5) is 4.39 Å². The summed E-state index contributed by atoms with van der Waals surface area (Å²) in [4.78, 5) is 61.2. The lowest BCUT2D eigenvalue weighted by Gasteiger charge is -2.25. The van der Waals surface area contributed by atoms with Crippen LogP contribution in [0.2, 0.25) is 0 Å². The van der Waals surface area contributed by atoms with E-state index in [1.54, 1.807) is 42.5 Å². The van der Waals surface area contributed by atoms with Gasteiger partial charge in [0.2, 0.25) is 25.1 Å². The van der Waals surface area contributed by atoms with E-state index in [1.807, 2.05) is 30.3 Å². The fourth-order valence-electron chi connectivity index (χ4n) is 4.11. The molecule has 0 bridgehead atoms. The van der Waals surface area contributed by atoms with Crippen LogP contribution in [0.3, 0.4) is 0 Å². The summed E-state index contributed by atoms with van der Waals surface area (Å²) < 4.78 is 27.1. The Bertz CT molecular complexity index is 1500. The molecule has 226 valence electrons. The van der Waals surface area contributed by atoms with Crippen LogP contribution in [0.15, 0.2) is 91.0 Å². The Labute approximate surface area is 249 Å². The summed E-state index contributed by atoms with van der Waals surface area (Å²) >= 11 is 0. The van der Waals surface area contributed by atoms with Crippen LogP contribution in [-0.2, 0) is 25.4 Å². The highest BCUT2D eigenvalue weighted by atomic mass is 31.2. The van der Waals surface area contributed by atoms with Gasteiger partial charge in [0.1, 0.15) is 29.8 Å². The van der Waals surface area contributed by atoms with Crippen molar-refractivity contribution in [1.82, 2.24) is 16.0 Å². The summed E-state index contributed by atoms with van der Waals surface area (Å²) in [7, 11) is -4.44. The van der Waals surface area contributed by atoms with E-state index < -0.39 is 60.8 Å². The Kier molecular flexibility index (Phi) is 11.9. The molecule has 12 heteroatoms. The minimum absolute atomic E-state index is 0.0598. The first-order chi connectivity index (χ1) is 20.4. The number of carbonyl (C=O) groups is 4. The van der Waals surface area contributed by atoms with Gasteiger partial charge in [-0.05, 0) is 42.7 Å². The summed E-state index contributed by atoms with van der Waals surface area (Å²) in [5.74, 6) is -5.26. The summed E-state index contributed by atoms with van der Waals surface area (Å²) in [5.41, 5.74) is 6.89. The van der Waals surface area contributed by atoms with Gasteiger partial charge < -0.3 is 26.6 Å². The van der Waals surface area contributed by atoms with Crippen molar-refractivity contribution in [3.05, 3.63) is 114 Å². The van der Waals surface area contributed by atoms with E-state index in [-0.39, 0.29) is 18.4 Å². The molecular weight excluding hydrogens is 574 g/mol. The molecule has 0 saturated carbocycles. The first-order valence-electron chi connectivity index (χ1n) is 13.5. The van der Waals surface area contributed by atoms with Crippen molar-refractivity contribution >= 4 is 37.1 Å². The smallest absolute Gasteiger partial charge is 0.252 e. The summed E-state index contributed by atoms with van der Waals surface area (Å²) in [6.45, 7) is 1.35. The molecule has 4 atom stereocenters. The first-order valence-corrected chi connectivity index (χ1v) is 15.4. The Morgan fingerprint density at radius 2 is 1.58 bits per heavy atom. The third-order valence-electron chi connectivity index (χ3n) is 6.43. The predicted molar refractivity (Wildman–Crippen MR) is 161 cm³/mol. The molecular formula is C31H34FN4O6P. The number of hydrogen-bond acceptors (Lipinski definition) is 5. The van der Waals surface area contributed by atoms with Crippen LogP contribution in [0, 0.1) is 5.82 Å². The molecule has 0 radical (unpaired) electrons. The van der Waals surface area contributed by atoms with Crippen LogP contribution in [0.1, 0.15) is 34.8 Å². The molecule has 0 aliphatic carbocycles. The zero-order valence-electron chi connectivity index (χ0n) is 23.5. The number of rotatable bonds is 14. The third-order valence-corrected chi connectivity index (χ3v) is 8.45. The molecule has 0 aromatic heterocycles. The van der Waals surface area contributed by atoms with Crippen molar-refractivity contribution in [1.29, 1.82) is 0 Å². The lowest BCUT2D eigenvalue weighted by atomic mass is 10.1. The van der Waals surface area contributed by atoms with Crippen molar-refractivity contribution in [2.24, 2.45) is 5.73 Å². The Hall–Kier alpha value is -4.60. The molecule has 3 rings (SSSR count). The molecule has 0 aliphatic rings. The quantitative estimate of drug-likeness (QED) is 0.176. The highest BCUT2D eigenvalue weighted by Gasteiger charge is 2.36. The molecule has 3 unspecified atom stereocenters. The van der Waals surface area contributed by atoms with Gasteiger partial charge in [-0.15, -0.1) is 0 Å². The number of primary amides is 1. The van der Waals surface area contributed by atoms with Crippen molar-refractivity contribution in [2.45, 2.75) is 37.6 Å². The number of nitrogens with one attached hydrogen (secondary N) is 3. The van der Waals surface area contributed by atoms with Crippen molar-refractivity contribution in [3.63, 3.8) is 0 Å². The molecule has 0 heterocycles. The number of carbonyl (C=O) groups excluding carboxylic acids is 4. The van der Waals surface area contributed by atoms with Crippen LogP contribution in [-0.4, -0.2) is 52.6 Å².